The number of hydrogen-bond acceptors (Lipinski definition) is 3. The minimum Gasteiger partial charge on any atom is -0.481 e. The van der Waals surface area contributed by atoms with Crippen molar-refractivity contribution >= 4 is 17.7 Å². The summed E-state index contributed by atoms with van der Waals surface area (Å²) in [4.78, 5) is 34.2. The molecule has 5 heteroatoms. The maximum Gasteiger partial charge on any atom is 0.336 e. The van der Waals surface area contributed by atoms with E-state index in [0.717, 1.165) is 18.4 Å². The molecule has 0 radical (unpaired) electrons. The van der Waals surface area contributed by atoms with Gasteiger partial charge in [0, 0.05) is 17.5 Å². The summed E-state index contributed by atoms with van der Waals surface area (Å²) < 4.78 is 0. The second kappa shape index (κ2) is 8.06. The van der Waals surface area contributed by atoms with E-state index in [9.17, 15) is 19.5 Å². The lowest BCUT2D eigenvalue weighted by molar-refractivity contribution is -0.137. The standard InChI is InChI=1S/C19H18O5/c20-17(21)8-4-1-5-13-9-11-14(12-10-13)18(22)15-6-2-3-7-16(15)19(23)24/h2-3,6-7,9-12H,1,4-5,8H2,(H,20,21)(H,23,24). The predicted octanol–water partition coefficient (Wildman–Crippen LogP) is 3.41. The summed E-state index contributed by atoms with van der Waals surface area (Å²) in [6.07, 6.45) is 2.28. The smallest absolute Gasteiger partial charge is 0.336 e. The lowest BCUT2D eigenvalue weighted by atomic mass is 9.97. The van der Waals surface area contributed by atoms with Crippen LogP contribution in [0.2, 0.25) is 0 Å². The van der Waals surface area contributed by atoms with E-state index in [4.69, 9.17) is 5.11 Å². The molecule has 24 heavy (non-hydrogen) atoms. The molecule has 0 aliphatic heterocycles. The lowest BCUT2D eigenvalue weighted by Gasteiger charge is -2.06. The lowest BCUT2D eigenvalue weighted by Crippen LogP contribution is -2.09. The molecule has 0 aromatic heterocycles. The number of aryl methyl sites for hydroxylation is 1. The number of benzene rings is 2. The first-order valence-corrected chi connectivity index (χ1v) is 7.67. The van der Waals surface area contributed by atoms with Crippen molar-refractivity contribution in [1.82, 2.24) is 0 Å². The van der Waals surface area contributed by atoms with Gasteiger partial charge in [0.1, 0.15) is 0 Å². The molecule has 0 saturated heterocycles. The number of carboxylic acid groups (broad SMARTS) is 2. The fraction of sp³-hybridized carbons (Fsp3) is 0.211. The molecule has 2 N–H and O–H groups in total. The molecule has 0 atom stereocenters. The molecule has 0 spiro atoms. The Hall–Kier alpha value is -2.95. The molecule has 0 aliphatic rings. The van der Waals surface area contributed by atoms with E-state index in [0.29, 0.717) is 12.0 Å². The van der Waals surface area contributed by atoms with Gasteiger partial charge >= 0.3 is 11.9 Å². The Balaban J connectivity index is 2.07. The van der Waals surface area contributed by atoms with Crippen LogP contribution in [-0.2, 0) is 11.2 Å². The number of ketones is 1. The highest BCUT2D eigenvalue weighted by atomic mass is 16.4. The van der Waals surface area contributed by atoms with E-state index in [-0.39, 0.29) is 23.3 Å². The zero-order chi connectivity index (χ0) is 17.5. The number of hydrogen-bond donors (Lipinski definition) is 2. The van der Waals surface area contributed by atoms with E-state index in [1.807, 2.05) is 12.1 Å². The number of rotatable bonds is 8. The van der Waals surface area contributed by atoms with E-state index in [2.05, 4.69) is 0 Å². The number of unbranched alkanes of at least 4 members (excludes halogenated alkanes) is 1. The molecule has 0 saturated carbocycles. The van der Waals surface area contributed by atoms with Gasteiger partial charge < -0.3 is 10.2 Å². The fourth-order valence-corrected chi connectivity index (χ4v) is 2.45. The topological polar surface area (TPSA) is 91.7 Å². The Bertz CT molecular complexity index is 747. The highest BCUT2D eigenvalue weighted by molar-refractivity contribution is 6.14. The van der Waals surface area contributed by atoms with Gasteiger partial charge in [-0.15, -0.1) is 0 Å². The molecular formula is C19H18O5. The summed E-state index contributed by atoms with van der Waals surface area (Å²) in [5.41, 5.74) is 1.60. The van der Waals surface area contributed by atoms with Crippen molar-refractivity contribution in [2.45, 2.75) is 25.7 Å². The van der Waals surface area contributed by atoms with Crippen LogP contribution in [0.1, 0.15) is 51.1 Å². The molecule has 2 aromatic rings. The highest BCUT2D eigenvalue weighted by Gasteiger charge is 2.17. The number of carboxylic acids is 2. The second-order valence-corrected chi connectivity index (χ2v) is 5.48. The van der Waals surface area contributed by atoms with Gasteiger partial charge in [-0.2, -0.15) is 0 Å². The van der Waals surface area contributed by atoms with Crippen LogP contribution in [0.25, 0.3) is 0 Å². The third-order valence-corrected chi connectivity index (χ3v) is 3.72. The third-order valence-electron chi connectivity index (χ3n) is 3.72. The first kappa shape index (κ1) is 17.4. The Morgan fingerprint density at radius 1 is 0.792 bits per heavy atom. The summed E-state index contributed by atoms with van der Waals surface area (Å²) in [7, 11) is 0. The first-order valence-electron chi connectivity index (χ1n) is 7.67. The Labute approximate surface area is 139 Å². The van der Waals surface area contributed by atoms with Crippen LogP contribution < -0.4 is 0 Å². The molecule has 2 rings (SSSR count). The zero-order valence-electron chi connectivity index (χ0n) is 13.1. The number of aliphatic carboxylic acids is 1. The van der Waals surface area contributed by atoms with Crippen LogP contribution in [-0.4, -0.2) is 27.9 Å². The summed E-state index contributed by atoms with van der Waals surface area (Å²) in [6, 6.07) is 13.1. The summed E-state index contributed by atoms with van der Waals surface area (Å²) in [5.74, 6) is -2.26. The van der Waals surface area contributed by atoms with E-state index in [1.54, 1.807) is 24.3 Å². The zero-order valence-corrected chi connectivity index (χ0v) is 13.1. The third kappa shape index (κ3) is 4.52. The van der Waals surface area contributed by atoms with Crippen molar-refractivity contribution in [2.24, 2.45) is 0 Å². The molecule has 0 unspecified atom stereocenters. The van der Waals surface area contributed by atoms with Gasteiger partial charge in [-0.25, -0.2) is 4.79 Å². The van der Waals surface area contributed by atoms with Crippen LogP contribution in [0, 0.1) is 0 Å². The average Bonchev–Trinajstić information content (AvgIpc) is 2.58. The van der Waals surface area contributed by atoms with Gasteiger partial charge in [0.15, 0.2) is 5.78 Å². The second-order valence-electron chi connectivity index (χ2n) is 5.48. The SMILES string of the molecule is O=C(O)CCCCc1ccc(C(=O)c2ccccc2C(=O)O)cc1. The Morgan fingerprint density at radius 2 is 1.42 bits per heavy atom. The maximum absolute atomic E-state index is 12.5. The molecule has 0 heterocycles. The number of carbonyl (C=O) groups is 3. The van der Waals surface area contributed by atoms with Crippen LogP contribution in [0.3, 0.4) is 0 Å². The van der Waals surface area contributed by atoms with E-state index < -0.39 is 11.9 Å². The van der Waals surface area contributed by atoms with Gasteiger partial charge in [0.05, 0.1) is 5.56 Å². The molecule has 0 aliphatic carbocycles. The van der Waals surface area contributed by atoms with Crippen molar-refractivity contribution in [3.8, 4) is 0 Å². The van der Waals surface area contributed by atoms with Crippen molar-refractivity contribution in [3.63, 3.8) is 0 Å². The van der Waals surface area contributed by atoms with Crippen molar-refractivity contribution in [1.29, 1.82) is 0 Å². The first-order chi connectivity index (χ1) is 11.5. The molecule has 2 aromatic carbocycles. The molecule has 0 bridgehead atoms. The number of aromatic carboxylic acids is 1. The van der Waals surface area contributed by atoms with E-state index >= 15 is 0 Å². The predicted molar refractivity (Wildman–Crippen MR) is 88.5 cm³/mol. The van der Waals surface area contributed by atoms with Gasteiger partial charge in [0.2, 0.25) is 0 Å². The quantitative estimate of drug-likeness (QED) is 0.573. The van der Waals surface area contributed by atoms with Crippen molar-refractivity contribution in [2.75, 3.05) is 0 Å². The molecule has 5 nitrogen and oxygen atoms in total. The molecule has 0 amide bonds. The van der Waals surface area contributed by atoms with Crippen LogP contribution in [0.4, 0.5) is 0 Å². The van der Waals surface area contributed by atoms with E-state index in [1.165, 1.54) is 12.1 Å². The Kier molecular flexibility index (Phi) is 5.84. The highest BCUT2D eigenvalue weighted by Crippen LogP contribution is 2.16. The Morgan fingerprint density at radius 3 is 2.00 bits per heavy atom. The van der Waals surface area contributed by atoms with Crippen molar-refractivity contribution < 1.29 is 24.6 Å². The monoisotopic (exact) mass is 326 g/mol. The van der Waals surface area contributed by atoms with Crippen LogP contribution in [0.15, 0.2) is 48.5 Å². The van der Waals surface area contributed by atoms with Crippen molar-refractivity contribution in [3.05, 3.63) is 70.8 Å². The molecule has 0 fully saturated rings. The average molecular weight is 326 g/mol. The number of carbonyl (C=O) groups excluding carboxylic acids is 1. The molecule has 124 valence electrons. The minimum absolute atomic E-state index is 0.0137. The van der Waals surface area contributed by atoms with Gasteiger partial charge in [-0.1, -0.05) is 42.5 Å². The van der Waals surface area contributed by atoms with Crippen LogP contribution in [0.5, 0.6) is 0 Å². The van der Waals surface area contributed by atoms with Crippen LogP contribution >= 0.6 is 0 Å². The summed E-state index contributed by atoms with van der Waals surface area (Å²) in [5, 5.41) is 17.8. The van der Waals surface area contributed by atoms with Gasteiger partial charge in [-0.05, 0) is 30.9 Å². The fourth-order valence-electron chi connectivity index (χ4n) is 2.45. The van der Waals surface area contributed by atoms with Gasteiger partial charge in [-0.3, -0.25) is 9.59 Å². The minimum atomic E-state index is -1.13. The summed E-state index contributed by atoms with van der Waals surface area (Å²) >= 11 is 0. The maximum atomic E-state index is 12.5. The largest absolute Gasteiger partial charge is 0.481 e. The summed E-state index contributed by atoms with van der Waals surface area (Å²) in [6.45, 7) is 0. The normalized spacial score (nSPS) is 10.3. The molecular weight excluding hydrogens is 308 g/mol. The van der Waals surface area contributed by atoms with Gasteiger partial charge in [0.25, 0.3) is 0 Å².